The van der Waals surface area contributed by atoms with Crippen LogP contribution in [0, 0.1) is 0 Å². The van der Waals surface area contributed by atoms with Gasteiger partial charge in [-0.15, -0.1) is 0 Å². The number of carboxylic acid groups (broad SMARTS) is 1. The van der Waals surface area contributed by atoms with Crippen molar-refractivity contribution in [2.75, 3.05) is 19.5 Å². The smallest absolute Gasteiger partial charge is 0.339 e. The van der Waals surface area contributed by atoms with Gasteiger partial charge in [-0.3, -0.25) is 0 Å². The highest BCUT2D eigenvalue weighted by atomic mass is 16.5. The molecule has 2 amide bonds. The molecule has 0 atom stereocenters. The highest BCUT2D eigenvalue weighted by Crippen LogP contribution is 2.28. The summed E-state index contributed by atoms with van der Waals surface area (Å²) in [4.78, 5) is 22.9. The molecule has 0 aliphatic rings. The summed E-state index contributed by atoms with van der Waals surface area (Å²) in [6.07, 6.45) is 1.48. The molecule has 0 saturated carbocycles. The van der Waals surface area contributed by atoms with Gasteiger partial charge in [0.15, 0.2) is 11.5 Å². The molecule has 0 fully saturated rings. The molecule has 0 saturated heterocycles. The summed E-state index contributed by atoms with van der Waals surface area (Å²) < 4.78 is 16.2. The number of amides is 2. The first-order chi connectivity index (χ1) is 16.0. The number of anilines is 1. The minimum atomic E-state index is -0.978. The molecule has 33 heavy (non-hydrogen) atoms. The number of hydrazone groups is 1. The van der Waals surface area contributed by atoms with Gasteiger partial charge in [0.25, 0.3) is 0 Å². The van der Waals surface area contributed by atoms with Gasteiger partial charge in [0.05, 0.1) is 26.0 Å². The summed E-state index contributed by atoms with van der Waals surface area (Å²) in [5, 5.41) is 15.6. The number of hydrogen-bond donors (Lipinski definition) is 3. The normalized spacial score (nSPS) is 10.5. The van der Waals surface area contributed by atoms with Gasteiger partial charge in [-0.05, 0) is 65.7 Å². The van der Waals surface area contributed by atoms with Gasteiger partial charge < -0.3 is 24.6 Å². The van der Waals surface area contributed by atoms with Crippen molar-refractivity contribution in [1.29, 1.82) is 0 Å². The van der Waals surface area contributed by atoms with Crippen molar-refractivity contribution in [2.24, 2.45) is 5.10 Å². The Labute approximate surface area is 190 Å². The Bertz CT molecular complexity index is 1130. The lowest BCUT2D eigenvalue weighted by Crippen LogP contribution is -2.24. The third-order valence-electron chi connectivity index (χ3n) is 4.51. The zero-order chi connectivity index (χ0) is 23.6. The van der Waals surface area contributed by atoms with Crippen molar-refractivity contribution in [3.8, 4) is 17.2 Å². The van der Waals surface area contributed by atoms with Gasteiger partial charge >= 0.3 is 12.0 Å². The minimum Gasteiger partial charge on any atom is -0.497 e. The van der Waals surface area contributed by atoms with Crippen LogP contribution in [-0.4, -0.2) is 37.5 Å². The molecule has 0 aliphatic heterocycles. The lowest BCUT2D eigenvalue weighted by molar-refractivity contribution is 0.0696. The lowest BCUT2D eigenvalue weighted by Gasteiger charge is -2.11. The summed E-state index contributed by atoms with van der Waals surface area (Å²) >= 11 is 0. The van der Waals surface area contributed by atoms with E-state index >= 15 is 0 Å². The van der Waals surface area contributed by atoms with Crippen LogP contribution in [0.2, 0.25) is 0 Å². The molecule has 3 rings (SSSR count). The Morgan fingerprint density at radius 3 is 2.30 bits per heavy atom. The number of carboxylic acids is 1. The lowest BCUT2D eigenvalue weighted by atomic mass is 10.1. The second-order valence-electron chi connectivity index (χ2n) is 6.75. The molecule has 3 aromatic carbocycles. The average molecular weight is 449 g/mol. The Kier molecular flexibility index (Phi) is 7.85. The van der Waals surface area contributed by atoms with E-state index in [1.807, 2.05) is 0 Å². The van der Waals surface area contributed by atoms with Gasteiger partial charge in [-0.1, -0.05) is 12.1 Å². The molecule has 0 aliphatic carbocycles. The van der Waals surface area contributed by atoms with E-state index in [-0.39, 0.29) is 12.2 Å². The minimum absolute atomic E-state index is 0.214. The maximum atomic E-state index is 12.0. The summed E-state index contributed by atoms with van der Waals surface area (Å²) in [6.45, 7) is 0.247. The molecule has 9 nitrogen and oxygen atoms in total. The molecule has 170 valence electrons. The molecule has 0 bridgehead atoms. The number of carbonyl (C=O) groups is 2. The Hall–Kier alpha value is -4.53. The maximum Gasteiger partial charge on any atom is 0.339 e. The monoisotopic (exact) mass is 449 g/mol. The molecule has 9 heteroatoms. The van der Waals surface area contributed by atoms with Crippen LogP contribution in [0.1, 0.15) is 21.5 Å². The van der Waals surface area contributed by atoms with Gasteiger partial charge in [0.1, 0.15) is 12.4 Å². The van der Waals surface area contributed by atoms with Crippen molar-refractivity contribution in [2.45, 2.75) is 6.61 Å². The van der Waals surface area contributed by atoms with Crippen LogP contribution in [-0.2, 0) is 6.61 Å². The standard InChI is InChI=1S/C24H23N3O6/c1-31-20-10-8-19(9-11-20)26-24(30)27-25-14-17-5-12-21(22(13-17)32-2)33-15-16-3-6-18(7-4-16)23(28)29/h3-14H,15H2,1-2H3,(H,28,29)(H2,26,27,30)/b25-14+. The SMILES string of the molecule is COc1ccc(NC(=O)N/N=C/c2ccc(OCc3ccc(C(=O)O)cc3)c(OC)c2)cc1. The summed E-state index contributed by atoms with van der Waals surface area (Å²) in [5.74, 6) is 0.719. The van der Waals surface area contributed by atoms with E-state index in [4.69, 9.17) is 19.3 Å². The number of nitrogens with one attached hydrogen (secondary N) is 2. The number of aromatic carboxylic acids is 1. The van der Waals surface area contributed by atoms with Crippen molar-refractivity contribution in [3.05, 3.63) is 83.4 Å². The number of benzene rings is 3. The first-order valence-corrected chi connectivity index (χ1v) is 9.85. The Morgan fingerprint density at radius 1 is 0.939 bits per heavy atom. The van der Waals surface area contributed by atoms with Gasteiger partial charge in [-0.25, -0.2) is 15.0 Å². The van der Waals surface area contributed by atoms with E-state index in [0.717, 1.165) is 5.56 Å². The average Bonchev–Trinajstić information content (AvgIpc) is 2.83. The quantitative estimate of drug-likeness (QED) is 0.334. The van der Waals surface area contributed by atoms with E-state index in [2.05, 4.69) is 15.8 Å². The van der Waals surface area contributed by atoms with Gasteiger partial charge in [0, 0.05) is 5.69 Å². The van der Waals surface area contributed by atoms with Crippen molar-refractivity contribution < 1.29 is 28.9 Å². The van der Waals surface area contributed by atoms with Crippen LogP contribution in [0.3, 0.4) is 0 Å². The fraction of sp³-hybridized carbons (Fsp3) is 0.125. The largest absolute Gasteiger partial charge is 0.497 e. The van der Waals surface area contributed by atoms with Crippen molar-refractivity contribution in [3.63, 3.8) is 0 Å². The fourth-order valence-corrected chi connectivity index (χ4v) is 2.79. The van der Waals surface area contributed by atoms with Gasteiger partial charge in [-0.2, -0.15) is 5.10 Å². The van der Waals surface area contributed by atoms with Crippen LogP contribution < -0.4 is 25.0 Å². The summed E-state index contributed by atoms with van der Waals surface area (Å²) in [7, 11) is 3.09. The number of carbonyl (C=O) groups excluding carboxylic acids is 1. The van der Waals surface area contributed by atoms with E-state index in [1.54, 1.807) is 61.7 Å². The van der Waals surface area contributed by atoms with E-state index < -0.39 is 12.0 Å². The molecule has 0 spiro atoms. The molecule has 3 aromatic rings. The number of rotatable bonds is 9. The summed E-state index contributed by atoms with van der Waals surface area (Å²) in [6, 6.07) is 18.1. The van der Waals surface area contributed by atoms with E-state index in [1.165, 1.54) is 25.5 Å². The zero-order valence-corrected chi connectivity index (χ0v) is 18.1. The highest BCUT2D eigenvalue weighted by Gasteiger charge is 2.07. The highest BCUT2D eigenvalue weighted by molar-refractivity contribution is 5.90. The number of ether oxygens (including phenoxy) is 3. The third kappa shape index (κ3) is 6.73. The molecular formula is C24H23N3O6. The summed E-state index contributed by atoms with van der Waals surface area (Å²) in [5.41, 5.74) is 4.72. The predicted molar refractivity (Wildman–Crippen MR) is 123 cm³/mol. The van der Waals surface area contributed by atoms with E-state index in [9.17, 15) is 9.59 Å². The molecular weight excluding hydrogens is 426 g/mol. The van der Waals surface area contributed by atoms with Crippen LogP contribution in [0.4, 0.5) is 10.5 Å². The predicted octanol–water partition coefficient (Wildman–Crippen LogP) is 4.14. The second-order valence-corrected chi connectivity index (χ2v) is 6.75. The van der Waals surface area contributed by atoms with Crippen molar-refractivity contribution >= 4 is 23.9 Å². The molecule has 0 heterocycles. The number of hydrogen-bond acceptors (Lipinski definition) is 6. The zero-order valence-electron chi connectivity index (χ0n) is 18.1. The number of methoxy groups -OCH3 is 2. The number of nitrogens with zero attached hydrogens (tertiary/aromatic N) is 1. The maximum absolute atomic E-state index is 12.0. The molecule has 0 aromatic heterocycles. The first kappa shape index (κ1) is 23.1. The van der Waals surface area contributed by atoms with E-state index in [0.29, 0.717) is 28.5 Å². The third-order valence-corrected chi connectivity index (χ3v) is 4.51. The topological polar surface area (TPSA) is 118 Å². The number of urea groups is 1. The first-order valence-electron chi connectivity index (χ1n) is 9.85. The second kappa shape index (κ2) is 11.2. The van der Waals surface area contributed by atoms with Crippen LogP contribution in [0.5, 0.6) is 17.2 Å². The fourth-order valence-electron chi connectivity index (χ4n) is 2.79. The molecule has 0 unspecified atom stereocenters. The van der Waals surface area contributed by atoms with Crippen LogP contribution in [0.15, 0.2) is 71.8 Å². The molecule has 0 radical (unpaired) electrons. The van der Waals surface area contributed by atoms with Crippen LogP contribution in [0.25, 0.3) is 0 Å². The van der Waals surface area contributed by atoms with Gasteiger partial charge in [0.2, 0.25) is 0 Å². The molecule has 3 N–H and O–H groups in total. The van der Waals surface area contributed by atoms with Crippen LogP contribution >= 0.6 is 0 Å². The Balaban J connectivity index is 1.55. The van der Waals surface area contributed by atoms with Crippen molar-refractivity contribution in [1.82, 2.24) is 5.43 Å². The Morgan fingerprint density at radius 2 is 1.67 bits per heavy atom.